The third-order valence-electron chi connectivity index (χ3n) is 5.16. The molecule has 0 fully saturated rings. The third-order valence-corrected chi connectivity index (χ3v) is 5.16. The fourth-order valence-electron chi connectivity index (χ4n) is 3.56. The van der Waals surface area contributed by atoms with Gasteiger partial charge in [0.05, 0.1) is 19.3 Å². The maximum Gasteiger partial charge on any atom is 0.217 e. The van der Waals surface area contributed by atoms with Crippen molar-refractivity contribution in [1.29, 1.82) is 0 Å². The number of rotatable bonds is 14. The maximum atomic E-state index is 11.1. The number of carbonyl (C=O) groups is 1. The van der Waals surface area contributed by atoms with Gasteiger partial charge in [0, 0.05) is 13.3 Å². The summed E-state index contributed by atoms with van der Waals surface area (Å²) in [5, 5.41) is 6.47. The fourth-order valence-corrected chi connectivity index (χ4v) is 3.56. The quantitative estimate of drug-likeness (QED) is 0.285. The molecule has 0 aromatic heterocycles. The summed E-state index contributed by atoms with van der Waals surface area (Å²) in [5.74, 6) is 0.0602. The van der Waals surface area contributed by atoms with Crippen molar-refractivity contribution < 1.29 is 9.28 Å². The first kappa shape index (κ1) is 20.8. The van der Waals surface area contributed by atoms with E-state index < -0.39 is 0 Å². The van der Waals surface area contributed by atoms with E-state index in [1.54, 1.807) is 6.92 Å². The number of nitrogens with zero attached hydrogens (tertiary/aromatic N) is 1. The highest BCUT2D eigenvalue weighted by Crippen LogP contribution is 2.22. The first-order valence-corrected chi connectivity index (χ1v) is 9.80. The Bertz CT molecular complexity index is 394. The normalized spacial score (nSPS) is 22.3. The van der Waals surface area contributed by atoms with Crippen LogP contribution in [0.4, 0.5) is 0 Å². The lowest BCUT2D eigenvalue weighted by molar-refractivity contribution is -0.898. The second-order valence-corrected chi connectivity index (χ2v) is 6.96. The summed E-state index contributed by atoms with van der Waals surface area (Å²) < 4.78 is 0.946. The molecular weight excluding hydrogens is 298 g/mol. The van der Waals surface area contributed by atoms with Crippen molar-refractivity contribution in [3.63, 3.8) is 0 Å². The van der Waals surface area contributed by atoms with Crippen LogP contribution < -0.4 is 10.6 Å². The second kappa shape index (κ2) is 12.1. The minimum absolute atomic E-state index is 0.0602. The lowest BCUT2D eigenvalue weighted by atomic mass is 10.1. The van der Waals surface area contributed by atoms with Crippen molar-refractivity contribution in [3.05, 3.63) is 25.1 Å². The minimum Gasteiger partial charge on any atom is -0.351 e. The highest BCUT2D eigenvalue weighted by atomic mass is 16.1. The van der Waals surface area contributed by atoms with Gasteiger partial charge in [-0.15, -0.1) is 6.58 Å². The van der Waals surface area contributed by atoms with E-state index in [1.165, 1.54) is 51.4 Å². The fraction of sp³-hybridized carbons (Fsp3) is 0.750. The van der Waals surface area contributed by atoms with E-state index in [2.05, 4.69) is 36.5 Å². The van der Waals surface area contributed by atoms with Gasteiger partial charge in [-0.05, 0) is 26.2 Å². The van der Waals surface area contributed by atoms with Gasteiger partial charge in [0.25, 0.3) is 0 Å². The second-order valence-electron chi connectivity index (χ2n) is 6.96. The SMILES string of the molecule is C=CCCCCCCCCCC1NC=C[N+]1(CC)CCNC(C)=O. The molecule has 0 aromatic carbocycles. The van der Waals surface area contributed by atoms with E-state index in [4.69, 9.17) is 0 Å². The molecule has 1 rings (SSSR count). The predicted octanol–water partition coefficient (Wildman–Crippen LogP) is 4.06. The lowest BCUT2D eigenvalue weighted by Crippen LogP contribution is -2.55. The highest BCUT2D eigenvalue weighted by Gasteiger charge is 2.36. The van der Waals surface area contributed by atoms with E-state index >= 15 is 0 Å². The monoisotopic (exact) mass is 336 g/mol. The first-order chi connectivity index (χ1) is 11.6. The Morgan fingerprint density at radius 1 is 1.21 bits per heavy atom. The van der Waals surface area contributed by atoms with Crippen LogP contribution in [0.1, 0.15) is 71.6 Å². The number of amides is 1. The average molecular weight is 337 g/mol. The Morgan fingerprint density at radius 3 is 2.50 bits per heavy atom. The van der Waals surface area contributed by atoms with Crippen LogP contribution in [0, 0.1) is 0 Å². The van der Waals surface area contributed by atoms with Crippen molar-refractivity contribution in [2.45, 2.75) is 77.8 Å². The van der Waals surface area contributed by atoms with Crippen LogP contribution in [0.25, 0.3) is 0 Å². The summed E-state index contributed by atoms with van der Waals surface area (Å²) in [6, 6.07) is 0. The number of likely N-dealkylation sites (N-methyl/N-ethyl adjacent to an activating group) is 1. The van der Waals surface area contributed by atoms with Gasteiger partial charge in [0.2, 0.25) is 5.91 Å². The minimum atomic E-state index is 0.0602. The molecule has 2 atom stereocenters. The van der Waals surface area contributed by atoms with Gasteiger partial charge in [-0.2, -0.15) is 0 Å². The van der Waals surface area contributed by atoms with Gasteiger partial charge < -0.3 is 10.6 Å². The van der Waals surface area contributed by atoms with Crippen molar-refractivity contribution >= 4 is 5.91 Å². The molecule has 138 valence electrons. The van der Waals surface area contributed by atoms with Crippen LogP contribution in [-0.2, 0) is 4.79 Å². The highest BCUT2D eigenvalue weighted by molar-refractivity contribution is 5.72. The molecule has 2 N–H and O–H groups in total. The molecule has 0 radical (unpaired) electrons. The summed E-state index contributed by atoms with van der Waals surface area (Å²) in [6.07, 6.45) is 18.6. The smallest absolute Gasteiger partial charge is 0.217 e. The number of carbonyl (C=O) groups excluding carboxylic acids is 1. The molecular formula is C20H38N3O+. The van der Waals surface area contributed by atoms with Gasteiger partial charge in [0.15, 0.2) is 6.17 Å². The molecule has 1 heterocycles. The number of nitrogens with one attached hydrogen (secondary N) is 2. The Kier molecular flexibility index (Phi) is 10.5. The van der Waals surface area contributed by atoms with Crippen LogP contribution in [-0.4, -0.2) is 36.2 Å². The van der Waals surface area contributed by atoms with E-state index in [0.29, 0.717) is 6.17 Å². The largest absolute Gasteiger partial charge is 0.351 e. The molecule has 4 nitrogen and oxygen atoms in total. The molecule has 1 amide bonds. The summed E-state index contributed by atoms with van der Waals surface area (Å²) in [4.78, 5) is 11.1. The van der Waals surface area contributed by atoms with Crippen molar-refractivity contribution in [1.82, 2.24) is 10.6 Å². The van der Waals surface area contributed by atoms with Crippen LogP contribution in [0.5, 0.6) is 0 Å². The molecule has 0 bridgehead atoms. The first-order valence-electron chi connectivity index (χ1n) is 9.80. The summed E-state index contributed by atoms with van der Waals surface area (Å²) in [7, 11) is 0. The number of quaternary nitrogens is 1. The molecule has 1 aliphatic heterocycles. The molecule has 2 unspecified atom stereocenters. The molecule has 0 saturated carbocycles. The summed E-state index contributed by atoms with van der Waals surface area (Å²) in [5.41, 5.74) is 0. The number of hydrogen-bond acceptors (Lipinski definition) is 2. The zero-order valence-electron chi connectivity index (χ0n) is 15.9. The van der Waals surface area contributed by atoms with Crippen LogP contribution in [0.15, 0.2) is 25.1 Å². The van der Waals surface area contributed by atoms with Gasteiger partial charge in [-0.1, -0.05) is 38.2 Å². The molecule has 24 heavy (non-hydrogen) atoms. The number of allylic oxidation sites excluding steroid dienone is 1. The van der Waals surface area contributed by atoms with Crippen molar-refractivity contribution in [3.8, 4) is 0 Å². The number of hydrogen-bond donors (Lipinski definition) is 2. The Hall–Kier alpha value is -1.29. The van der Waals surface area contributed by atoms with E-state index in [1.807, 2.05) is 6.08 Å². The Morgan fingerprint density at radius 2 is 1.88 bits per heavy atom. The number of unbranched alkanes of at least 4 members (excludes halogenated alkanes) is 7. The Balaban J connectivity index is 2.18. The standard InChI is InChI=1S/C20H37N3O/c1-4-6-7-8-9-10-11-12-13-14-20-22-16-18-23(20,5-2)17-15-21-19(3)24/h4,16,18,20,22H,1,5-15,17H2,2-3H3/p+1. The zero-order valence-corrected chi connectivity index (χ0v) is 15.9. The van der Waals surface area contributed by atoms with E-state index in [-0.39, 0.29) is 5.91 Å². The zero-order chi connectivity index (χ0) is 17.7. The van der Waals surface area contributed by atoms with Crippen molar-refractivity contribution in [2.24, 2.45) is 0 Å². The maximum absolute atomic E-state index is 11.1. The van der Waals surface area contributed by atoms with E-state index in [0.717, 1.165) is 30.5 Å². The third kappa shape index (κ3) is 7.52. The Labute approximate surface area is 149 Å². The van der Waals surface area contributed by atoms with Gasteiger partial charge in [-0.25, -0.2) is 0 Å². The molecule has 1 aliphatic rings. The van der Waals surface area contributed by atoms with Crippen LogP contribution in [0.2, 0.25) is 0 Å². The van der Waals surface area contributed by atoms with Crippen LogP contribution >= 0.6 is 0 Å². The van der Waals surface area contributed by atoms with Gasteiger partial charge >= 0.3 is 0 Å². The molecule has 4 heteroatoms. The topological polar surface area (TPSA) is 41.1 Å². The molecule has 0 spiro atoms. The van der Waals surface area contributed by atoms with E-state index in [9.17, 15) is 4.79 Å². The average Bonchev–Trinajstić information content (AvgIpc) is 2.96. The predicted molar refractivity (Wildman–Crippen MR) is 102 cm³/mol. The van der Waals surface area contributed by atoms with Crippen molar-refractivity contribution in [2.75, 3.05) is 19.6 Å². The molecule has 0 saturated heterocycles. The van der Waals surface area contributed by atoms with Gasteiger partial charge in [0.1, 0.15) is 12.7 Å². The summed E-state index contributed by atoms with van der Waals surface area (Å²) >= 11 is 0. The molecule has 0 aliphatic carbocycles. The van der Waals surface area contributed by atoms with Crippen LogP contribution in [0.3, 0.4) is 0 Å². The summed E-state index contributed by atoms with van der Waals surface area (Å²) in [6.45, 7) is 10.4. The molecule has 0 aromatic rings. The van der Waals surface area contributed by atoms with Gasteiger partial charge in [-0.3, -0.25) is 9.28 Å². The lowest BCUT2D eigenvalue weighted by Gasteiger charge is -2.37.